The second-order valence-corrected chi connectivity index (χ2v) is 5.88. The highest BCUT2D eigenvalue weighted by Gasteiger charge is 2.35. The minimum absolute atomic E-state index is 0.163. The molecule has 0 spiro atoms. The molecule has 0 aromatic carbocycles. The van der Waals surface area contributed by atoms with E-state index in [1.165, 1.54) is 0 Å². The maximum atomic E-state index is 12.7. The average Bonchev–Trinajstić information content (AvgIpc) is 2.09. The molecule has 0 bridgehead atoms. The van der Waals surface area contributed by atoms with Crippen LogP contribution in [-0.2, 0) is 9.92 Å². The van der Waals surface area contributed by atoms with Crippen molar-refractivity contribution in [2.75, 3.05) is 5.75 Å². The Balaban J connectivity index is 2.44. The summed E-state index contributed by atoms with van der Waals surface area (Å²) in [5.41, 5.74) is 0. The molecule has 3 nitrogen and oxygen atoms in total. The Morgan fingerprint density at radius 1 is 1.50 bits per heavy atom. The summed E-state index contributed by atoms with van der Waals surface area (Å²) in [6, 6.07) is -0.181. The van der Waals surface area contributed by atoms with Crippen LogP contribution in [0.2, 0.25) is 0 Å². The highest BCUT2D eigenvalue weighted by Crippen LogP contribution is 2.33. The first kappa shape index (κ1) is 11.8. The molecular weight excluding hydrogens is 210 g/mol. The molecule has 1 unspecified atom stereocenters. The molecule has 0 aliphatic heterocycles. The van der Waals surface area contributed by atoms with Crippen molar-refractivity contribution in [2.45, 2.75) is 44.6 Å². The molecule has 0 amide bonds. The van der Waals surface area contributed by atoms with Gasteiger partial charge in [-0.3, -0.25) is 0 Å². The Morgan fingerprint density at radius 3 is 2.43 bits per heavy atom. The van der Waals surface area contributed by atoms with Crippen molar-refractivity contribution in [1.82, 2.24) is 4.72 Å². The average molecular weight is 226 g/mol. The number of hydrogen-bond donors (Lipinski definition) is 2. The van der Waals surface area contributed by atoms with Gasteiger partial charge in [0.2, 0.25) is 5.92 Å². The van der Waals surface area contributed by atoms with E-state index >= 15 is 0 Å². The number of halogens is 2. The fourth-order valence-corrected chi connectivity index (χ4v) is 2.45. The highest BCUT2D eigenvalue weighted by atomic mass is 32.2. The third-order valence-corrected chi connectivity index (χ3v) is 4.01. The van der Waals surface area contributed by atoms with Crippen LogP contribution < -0.4 is 4.72 Å². The van der Waals surface area contributed by atoms with Gasteiger partial charge >= 0.3 is 0 Å². The Morgan fingerprint density at radius 2 is 2.00 bits per heavy atom. The minimum Gasteiger partial charge on any atom is -0.240 e. The minimum atomic E-state index is -2.75. The predicted octanol–water partition coefficient (Wildman–Crippen LogP) is 2.14. The van der Waals surface area contributed by atoms with Crippen molar-refractivity contribution in [2.24, 2.45) is 0 Å². The van der Waals surface area contributed by atoms with Gasteiger partial charge in [-0.15, -0.1) is 0 Å². The van der Waals surface area contributed by atoms with Crippen LogP contribution in [0.25, 0.3) is 0 Å². The molecule has 0 aromatic rings. The van der Waals surface area contributed by atoms with E-state index in [0.29, 0.717) is 12.8 Å². The Bertz CT molecular complexity index is 280. The van der Waals surface area contributed by atoms with E-state index in [-0.39, 0.29) is 24.6 Å². The van der Waals surface area contributed by atoms with Crippen LogP contribution >= 0.6 is 0 Å². The highest BCUT2D eigenvalue weighted by molar-refractivity contribution is 7.90. The molecule has 2 N–H and O–H groups in total. The van der Waals surface area contributed by atoms with E-state index in [0.717, 1.165) is 0 Å². The maximum Gasteiger partial charge on any atom is 0.248 e. The summed E-state index contributed by atoms with van der Waals surface area (Å²) < 4.78 is 46.8. The number of nitrogens with one attached hydrogen (secondary N) is 2. The maximum absolute atomic E-state index is 12.7. The Kier molecular flexibility index (Phi) is 3.47. The van der Waals surface area contributed by atoms with Crippen molar-refractivity contribution < 1.29 is 13.0 Å². The number of rotatable bonds is 3. The second-order valence-electron chi connectivity index (χ2n) is 3.71. The zero-order valence-electron chi connectivity index (χ0n) is 8.19. The smallest absolute Gasteiger partial charge is 0.240 e. The monoisotopic (exact) mass is 226 g/mol. The lowest BCUT2D eigenvalue weighted by atomic mass is 9.93. The van der Waals surface area contributed by atoms with Gasteiger partial charge in [-0.2, -0.15) is 0 Å². The predicted molar refractivity (Wildman–Crippen MR) is 51.7 cm³/mol. The Hall–Kier alpha value is -0.230. The molecule has 1 aliphatic rings. The molecule has 84 valence electrons. The van der Waals surface area contributed by atoms with Gasteiger partial charge in [-0.25, -0.2) is 22.5 Å². The SMILES string of the molecule is CCS(=N)(=O)NC1CCC(F)(F)CC1. The molecule has 0 heterocycles. The first-order valence-electron chi connectivity index (χ1n) is 4.76. The zero-order chi connectivity index (χ0) is 10.8. The fourth-order valence-electron chi connectivity index (χ4n) is 1.51. The largest absolute Gasteiger partial charge is 0.248 e. The second kappa shape index (κ2) is 4.10. The quantitative estimate of drug-likeness (QED) is 0.761. The summed E-state index contributed by atoms with van der Waals surface area (Å²) in [5.74, 6) is -2.34. The molecule has 1 aliphatic carbocycles. The van der Waals surface area contributed by atoms with Gasteiger partial charge in [0.05, 0.1) is 0 Å². The molecular formula is C8H16F2N2OS. The number of alkyl halides is 2. The summed E-state index contributed by atoms with van der Waals surface area (Å²) in [4.78, 5) is 0. The van der Waals surface area contributed by atoms with Gasteiger partial charge in [0.1, 0.15) is 9.92 Å². The van der Waals surface area contributed by atoms with Crippen molar-refractivity contribution in [3.63, 3.8) is 0 Å². The first-order valence-corrected chi connectivity index (χ1v) is 6.49. The van der Waals surface area contributed by atoms with Crippen molar-refractivity contribution in [3.8, 4) is 0 Å². The zero-order valence-corrected chi connectivity index (χ0v) is 9.00. The molecule has 6 heteroatoms. The van der Waals surface area contributed by atoms with E-state index in [2.05, 4.69) is 4.72 Å². The topological polar surface area (TPSA) is 53.0 Å². The summed E-state index contributed by atoms with van der Waals surface area (Å²) >= 11 is 0. The van der Waals surface area contributed by atoms with E-state index in [1.54, 1.807) is 6.92 Å². The molecule has 1 saturated carbocycles. The third kappa shape index (κ3) is 3.49. The summed E-state index contributed by atoms with van der Waals surface area (Å²) in [6.07, 6.45) is 0.291. The van der Waals surface area contributed by atoms with Gasteiger partial charge < -0.3 is 0 Å². The van der Waals surface area contributed by atoms with E-state index in [9.17, 15) is 13.0 Å². The molecule has 0 radical (unpaired) electrons. The molecule has 0 saturated heterocycles. The van der Waals surface area contributed by atoms with Crippen LogP contribution in [0.1, 0.15) is 32.6 Å². The molecule has 14 heavy (non-hydrogen) atoms. The van der Waals surface area contributed by atoms with Crippen LogP contribution in [-0.4, -0.2) is 21.9 Å². The van der Waals surface area contributed by atoms with E-state index < -0.39 is 15.8 Å². The van der Waals surface area contributed by atoms with Gasteiger partial charge in [0.25, 0.3) is 0 Å². The van der Waals surface area contributed by atoms with Gasteiger partial charge in [0, 0.05) is 24.6 Å². The molecule has 1 rings (SSSR count). The van der Waals surface area contributed by atoms with Gasteiger partial charge in [-0.1, -0.05) is 6.92 Å². The van der Waals surface area contributed by atoms with Gasteiger partial charge in [0.15, 0.2) is 0 Å². The summed E-state index contributed by atoms with van der Waals surface area (Å²) in [7, 11) is -2.75. The lowest BCUT2D eigenvalue weighted by Gasteiger charge is -2.29. The van der Waals surface area contributed by atoms with Crippen LogP contribution in [0.5, 0.6) is 0 Å². The lowest BCUT2D eigenvalue weighted by Crippen LogP contribution is -2.40. The summed E-state index contributed by atoms with van der Waals surface area (Å²) in [6.45, 7) is 1.65. The van der Waals surface area contributed by atoms with Gasteiger partial charge in [-0.05, 0) is 12.8 Å². The van der Waals surface area contributed by atoms with Crippen molar-refractivity contribution in [1.29, 1.82) is 4.78 Å². The van der Waals surface area contributed by atoms with Crippen LogP contribution in [0.15, 0.2) is 0 Å². The third-order valence-electron chi connectivity index (χ3n) is 2.48. The van der Waals surface area contributed by atoms with Crippen molar-refractivity contribution in [3.05, 3.63) is 0 Å². The van der Waals surface area contributed by atoms with Crippen molar-refractivity contribution >= 4 is 9.92 Å². The lowest BCUT2D eigenvalue weighted by molar-refractivity contribution is -0.0387. The van der Waals surface area contributed by atoms with E-state index in [4.69, 9.17) is 4.78 Å². The fraction of sp³-hybridized carbons (Fsp3) is 1.00. The molecule has 1 atom stereocenters. The standard InChI is InChI=1S/C8H16F2N2OS/c1-2-14(11,13)12-7-3-5-8(9,10)6-4-7/h7H,2-6H2,1H3,(H2,11,12,13). The normalized spacial score (nSPS) is 27.1. The van der Waals surface area contributed by atoms with E-state index in [1.807, 2.05) is 0 Å². The van der Waals surface area contributed by atoms with Crippen LogP contribution in [0.4, 0.5) is 8.78 Å². The number of hydrogen-bond acceptors (Lipinski definition) is 2. The van der Waals surface area contributed by atoms with Crippen LogP contribution in [0, 0.1) is 4.78 Å². The first-order chi connectivity index (χ1) is 6.35. The molecule has 0 aromatic heterocycles. The van der Waals surface area contributed by atoms with Crippen LogP contribution in [0.3, 0.4) is 0 Å². The summed E-state index contributed by atoms with van der Waals surface area (Å²) in [5, 5.41) is 0. The Labute approximate surface area is 83.4 Å². The molecule has 1 fully saturated rings.